The fourth-order valence-electron chi connectivity index (χ4n) is 2.54. The Bertz CT molecular complexity index is 653. The van der Waals surface area contributed by atoms with Crippen molar-refractivity contribution in [3.8, 4) is 0 Å². The molecule has 0 bridgehead atoms. The van der Waals surface area contributed by atoms with E-state index in [4.69, 9.17) is 5.73 Å². The Balaban J connectivity index is 1.91. The van der Waals surface area contributed by atoms with Crippen LogP contribution in [0.3, 0.4) is 0 Å². The lowest BCUT2D eigenvalue weighted by atomic mass is 9.95. The van der Waals surface area contributed by atoms with Crippen molar-refractivity contribution in [1.82, 2.24) is 9.97 Å². The minimum absolute atomic E-state index is 0.0664. The number of hydrogen-bond acceptors (Lipinski definition) is 5. The average molecular weight is 275 g/mol. The number of non-ortho nitro benzene ring substituents is 1. The number of aromatic amines is 1. The van der Waals surface area contributed by atoms with Gasteiger partial charge in [-0.15, -0.1) is 0 Å². The van der Waals surface area contributed by atoms with E-state index in [1.54, 1.807) is 6.07 Å². The maximum atomic E-state index is 10.8. The molecule has 0 aliphatic carbocycles. The molecule has 0 saturated carbocycles. The number of fused-ring (bicyclic) bond motifs is 1. The van der Waals surface area contributed by atoms with Crippen molar-refractivity contribution in [1.29, 1.82) is 0 Å². The normalized spacial score (nSPS) is 23.2. The number of nitrogens with one attached hydrogen (secondary N) is 1. The number of nitro groups is 1. The molecule has 7 heteroatoms. The van der Waals surface area contributed by atoms with E-state index >= 15 is 0 Å². The van der Waals surface area contributed by atoms with E-state index in [1.807, 2.05) is 0 Å². The molecule has 2 atom stereocenters. The summed E-state index contributed by atoms with van der Waals surface area (Å²) in [5, 5.41) is 10.8. The van der Waals surface area contributed by atoms with Crippen LogP contribution in [0.5, 0.6) is 0 Å². The van der Waals surface area contributed by atoms with Crippen molar-refractivity contribution in [2.24, 2.45) is 11.7 Å². The number of aromatic nitrogens is 2. The van der Waals surface area contributed by atoms with Gasteiger partial charge in [0.25, 0.3) is 5.69 Å². The van der Waals surface area contributed by atoms with E-state index < -0.39 is 4.92 Å². The van der Waals surface area contributed by atoms with Gasteiger partial charge in [-0.05, 0) is 18.4 Å². The first-order valence-corrected chi connectivity index (χ1v) is 6.69. The number of nitrogens with two attached hydrogens (primary N) is 1. The number of nitro benzene ring substituents is 1. The summed E-state index contributed by atoms with van der Waals surface area (Å²) in [4.78, 5) is 20.1. The molecule has 1 aliphatic heterocycles. The molecule has 3 rings (SSSR count). The molecule has 0 radical (unpaired) electrons. The molecule has 1 saturated heterocycles. The third kappa shape index (κ3) is 2.20. The Morgan fingerprint density at radius 3 is 3.05 bits per heavy atom. The Morgan fingerprint density at radius 2 is 2.35 bits per heavy atom. The molecule has 3 N–H and O–H groups in total. The highest BCUT2D eigenvalue weighted by molar-refractivity contribution is 5.80. The second kappa shape index (κ2) is 4.75. The number of piperidine rings is 1. The molecular weight excluding hydrogens is 258 g/mol. The highest BCUT2D eigenvalue weighted by atomic mass is 16.6. The summed E-state index contributed by atoms with van der Waals surface area (Å²) >= 11 is 0. The minimum Gasteiger partial charge on any atom is -0.341 e. The van der Waals surface area contributed by atoms with Crippen LogP contribution in [-0.2, 0) is 0 Å². The fourth-order valence-corrected chi connectivity index (χ4v) is 2.54. The average Bonchev–Trinajstić information content (AvgIpc) is 2.84. The van der Waals surface area contributed by atoms with Gasteiger partial charge in [-0.2, -0.15) is 0 Å². The van der Waals surface area contributed by atoms with Crippen LogP contribution in [0.4, 0.5) is 11.6 Å². The van der Waals surface area contributed by atoms with Crippen LogP contribution in [0.15, 0.2) is 18.2 Å². The number of rotatable bonds is 2. The number of H-pyrrole nitrogens is 1. The Hall–Kier alpha value is -2.15. The monoisotopic (exact) mass is 275 g/mol. The lowest BCUT2D eigenvalue weighted by Gasteiger charge is -2.34. The van der Waals surface area contributed by atoms with Crippen LogP contribution >= 0.6 is 0 Å². The van der Waals surface area contributed by atoms with Crippen LogP contribution in [0.25, 0.3) is 11.0 Å². The molecule has 20 heavy (non-hydrogen) atoms. The molecule has 2 aromatic rings. The predicted octanol–water partition coefficient (Wildman–Crippen LogP) is 1.64. The maximum absolute atomic E-state index is 10.8. The standard InChI is InChI=1S/C13H17N5O2/c1-8-4-5-17(7-10(8)14)13-15-11-3-2-9(18(19)20)6-12(11)16-13/h2-3,6,8,10H,4-5,7,14H2,1H3,(H,15,16). The molecule has 7 nitrogen and oxygen atoms in total. The zero-order chi connectivity index (χ0) is 14.3. The molecule has 1 aromatic heterocycles. The highest BCUT2D eigenvalue weighted by Gasteiger charge is 2.25. The quantitative estimate of drug-likeness (QED) is 0.641. The summed E-state index contributed by atoms with van der Waals surface area (Å²) in [6.45, 7) is 3.81. The molecule has 106 valence electrons. The van der Waals surface area contributed by atoms with Gasteiger partial charge in [-0.3, -0.25) is 10.1 Å². The first-order chi connectivity index (χ1) is 9.54. The van der Waals surface area contributed by atoms with Crippen molar-refractivity contribution in [2.45, 2.75) is 19.4 Å². The molecule has 1 fully saturated rings. The van der Waals surface area contributed by atoms with Gasteiger partial charge in [0.1, 0.15) is 0 Å². The van der Waals surface area contributed by atoms with Crippen molar-refractivity contribution >= 4 is 22.7 Å². The summed E-state index contributed by atoms with van der Waals surface area (Å²) in [6.07, 6.45) is 1.03. The topological polar surface area (TPSA) is 101 Å². The summed E-state index contributed by atoms with van der Waals surface area (Å²) in [5.74, 6) is 1.25. The van der Waals surface area contributed by atoms with Crippen LogP contribution in [0.1, 0.15) is 13.3 Å². The number of anilines is 1. The van der Waals surface area contributed by atoms with Crippen molar-refractivity contribution in [3.63, 3.8) is 0 Å². The lowest BCUT2D eigenvalue weighted by Crippen LogP contribution is -2.48. The van der Waals surface area contributed by atoms with Gasteiger partial charge in [-0.1, -0.05) is 6.92 Å². The largest absolute Gasteiger partial charge is 0.341 e. The van der Waals surface area contributed by atoms with Crippen molar-refractivity contribution in [2.75, 3.05) is 18.0 Å². The predicted molar refractivity (Wildman–Crippen MR) is 76.7 cm³/mol. The van der Waals surface area contributed by atoms with E-state index in [1.165, 1.54) is 12.1 Å². The van der Waals surface area contributed by atoms with E-state index in [2.05, 4.69) is 21.8 Å². The van der Waals surface area contributed by atoms with Gasteiger partial charge in [0.15, 0.2) is 0 Å². The van der Waals surface area contributed by atoms with Crippen LogP contribution < -0.4 is 10.6 Å². The Kier molecular flexibility index (Phi) is 3.06. The molecule has 2 unspecified atom stereocenters. The summed E-state index contributed by atoms with van der Waals surface area (Å²) in [5.41, 5.74) is 7.57. The maximum Gasteiger partial charge on any atom is 0.271 e. The highest BCUT2D eigenvalue weighted by Crippen LogP contribution is 2.25. The number of imidazole rings is 1. The first kappa shape index (κ1) is 12.9. The zero-order valence-corrected chi connectivity index (χ0v) is 11.2. The molecular formula is C13H17N5O2. The van der Waals surface area contributed by atoms with Crippen LogP contribution in [0.2, 0.25) is 0 Å². The van der Waals surface area contributed by atoms with Gasteiger partial charge < -0.3 is 15.6 Å². The van der Waals surface area contributed by atoms with E-state index in [-0.39, 0.29) is 11.7 Å². The van der Waals surface area contributed by atoms with Gasteiger partial charge in [-0.25, -0.2) is 4.98 Å². The number of hydrogen-bond donors (Lipinski definition) is 2. The third-order valence-electron chi connectivity index (χ3n) is 3.98. The van der Waals surface area contributed by atoms with Gasteiger partial charge >= 0.3 is 0 Å². The summed E-state index contributed by atoms with van der Waals surface area (Å²) in [7, 11) is 0. The SMILES string of the molecule is CC1CCN(c2nc3ccc([N+](=O)[O-])cc3[nH]2)CC1N. The molecule has 1 aromatic carbocycles. The first-order valence-electron chi connectivity index (χ1n) is 6.69. The smallest absolute Gasteiger partial charge is 0.271 e. The summed E-state index contributed by atoms with van der Waals surface area (Å²) in [6, 6.07) is 4.78. The molecule has 0 amide bonds. The third-order valence-corrected chi connectivity index (χ3v) is 3.98. The van der Waals surface area contributed by atoms with E-state index in [0.29, 0.717) is 11.4 Å². The lowest BCUT2D eigenvalue weighted by molar-refractivity contribution is -0.384. The minimum atomic E-state index is -0.404. The van der Waals surface area contributed by atoms with Gasteiger partial charge in [0, 0.05) is 31.3 Å². The number of nitrogens with zero attached hydrogens (tertiary/aromatic N) is 3. The second-order valence-corrected chi connectivity index (χ2v) is 5.39. The zero-order valence-electron chi connectivity index (χ0n) is 11.2. The molecule has 1 aliphatic rings. The fraction of sp³-hybridized carbons (Fsp3) is 0.462. The molecule has 0 spiro atoms. The van der Waals surface area contributed by atoms with Crippen LogP contribution in [-0.4, -0.2) is 34.0 Å². The van der Waals surface area contributed by atoms with E-state index in [0.717, 1.165) is 31.0 Å². The van der Waals surface area contributed by atoms with Gasteiger partial charge in [0.2, 0.25) is 5.95 Å². The second-order valence-electron chi connectivity index (χ2n) is 5.39. The Morgan fingerprint density at radius 1 is 1.55 bits per heavy atom. The Labute approximate surface area is 115 Å². The van der Waals surface area contributed by atoms with Crippen molar-refractivity contribution in [3.05, 3.63) is 28.3 Å². The van der Waals surface area contributed by atoms with Gasteiger partial charge in [0.05, 0.1) is 16.0 Å². The summed E-state index contributed by atoms with van der Waals surface area (Å²) < 4.78 is 0. The van der Waals surface area contributed by atoms with Crippen LogP contribution in [0, 0.1) is 16.0 Å². The molecule has 2 heterocycles. The number of benzene rings is 1. The van der Waals surface area contributed by atoms with E-state index in [9.17, 15) is 10.1 Å². The van der Waals surface area contributed by atoms with Crippen molar-refractivity contribution < 1.29 is 4.92 Å².